The van der Waals surface area contributed by atoms with Crippen molar-refractivity contribution in [2.75, 3.05) is 26.2 Å². The molecule has 9 heteroatoms. The molecule has 0 atom stereocenters. The van der Waals surface area contributed by atoms with Crippen molar-refractivity contribution in [3.63, 3.8) is 0 Å². The summed E-state index contributed by atoms with van der Waals surface area (Å²) in [6.45, 7) is 1.17. The molecule has 0 aliphatic rings. The maximum absolute atomic E-state index is 11.2. The first-order valence-electron chi connectivity index (χ1n) is 5.61. The lowest BCUT2D eigenvalue weighted by Gasteiger charge is -2.07. The van der Waals surface area contributed by atoms with E-state index < -0.39 is 30.4 Å². The van der Waals surface area contributed by atoms with Crippen LogP contribution in [-0.2, 0) is 19.1 Å². The summed E-state index contributed by atoms with van der Waals surface area (Å²) in [4.78, 5) is 43.3. The monoisotopic (exact) mass is 275 g/mol. The largest absolute Gasteiger partial charge is 0.480 e. The van der Waals surface area contributed by atoms with Gasteiger partial charge in [-0.15, -0.1) is 0 Å². The van der Waals surface area contributed by atoms with E-state index in [9.17, 15) is 19.2 Å². The minimum atomic E-state index is -1.17. The Morgan fingerprint density at radius 2 is 1.74 bits per heavy atom. The zero-order valence-corrected chi connectivity index (χ0v) is 10.5. The summed E-state index contributed by atoms with van der Waals surface area (Å²) >= 11 is 0. The van der Waals surface area contributed by atoms with Gasteiger partial charge in [-0.1, -0.05) is 0 Å². The van der Waals surface area contributed by atoms with Gasteiger partial charge >= 0.3 is 18.0 Å². The molecule has 0 unspecified atom stereocenters. The van der Waals surface area contributed by atoms with Crippen molar-refractivity contribution in [1.29, 1.82) is 0 Å². The molecule has 0 fully saturated rings. The van der Waals surface area contributed by atoms with E-state index in [4.69, 9.17) is 5.11 Å². The van der Waals surface area contributed by atoms with Crippen LogP contribution in [-0.4, -0.2) is 55.2 Å². The van der Waals surface area contributed by atoms with Gasteiger partial charge < -0.3 is 25.8 Å². The molecule has 9 nitrogen and oxygen atoms in total. The molecule has 0 radical (unpaired) electrons. The predicted octanol–water partition coefficient (Wildman–Crippen LogP) is -1.56. The fourth-order valence-corrected chi connectivity index (χ4v) is 0.971. The number of esters is 1. The van der Waals surface area contributed by atoms with Crippen molar-refractivity contribution in [2.45, 2.75) is 13.3 Å². The van der Waals surface area contributed by atoms with Crippen LogP contribution in [0.15, 0.2) is 0 Å². The van der Waals surface area contributed by atoms with Gasteiger partial charge in [0.1, 0.15) is 6.54 Å². The zero-order valence-electron chi connectivity index (χ0n) is 10.5. The number of carboxylic acids is 1. The Hall–Kier alpha value is -2.32. The maximum Gasteiger partial charge on any atom is 0.322 e. The number of aliphatic carboxylic acids is 1. The minimum Gasteiger partial charge on any atom is -0.480 e. The van der Waals surface area contributed by atoms with Gasteiger partial charge in [0.2, 0.25) is 5.91 Å². The molecule has 0 saturated heterocycles. The highest BCUT2D eigenvalue weighted by atomic mass is 16.5. The average Bonchev–Trinajstić information content (AvgIpc) is 2.34. The molecule has 0 aliphatic heterocycles. The number of hydrogen-bond donors (Lipinski definition) is 4. The highest BCUT2D eigenvalue weighted by Crippen LogP contribution is 1.83. The minimum absolute atomic E-state index is 0.0342. The average molecular weight is 275 g/mol. The van der Waals surface area contributed by atoms with Gasteiger partial charge in [0.15, 0.2) is 0 Å². The number of hydrogen-bond acceptors (Lipinski definition) is 5. The highest BCUT2D eigenvalue weighted by Gasteiger charge is 2.07. The molecule has 0 aromatic heterocycles. The Labute approximate surface area is 109 Å². The Morgan fingerprint density at radius 3 is 2.32 bits per heavy atom. The molecule has 19 heavy (non-hydrogen) atoms. The van der Waals surface area contributed by atoms with Crippen LogP contribution < -0.4 is 16.0 Å². The lowest BCUT2D eigenvalue weighted by molar-refractivity contribution is -0.143. The third-order valence-corrected chi connectivity index (χ3v) is 1.77. The molecule has 4 N–H and O–H groups in total. The van der Waals surface area contributed by atoms with Crippen molar-refractivity contribution < 1.29 is 29.0 Å². The molecule has 3 amide bonds. The van der Waals surface area contributed by atoms with E-state index in [-0.39, 0.29) is 26.1 Å². The molecular formula is C10H17N3O6. The fraction of sp³-hybridized carbons (Fsp3) is 0.600. The second-order valence-corrected chi connectivity index (χ2v) is 3.33. The molecule has 0 bridgehead atoms. The smallest absolute Gasteiger partial charge is 0.322 e. The van der Waals surface area contributed by atoms with Crippen LogP contribution in [0.4, 0.5) is 4.79 Å². The fourth-order valence-electron chi connectivity index (χ4n) is 0.971. The Bertz CT molecular complexity index is 344. The van der Waals surface area contributed by atoms with E-state index in [0.717, 1.165) is 0 Å². The van der Waals surface area contributed by atoms with Crippen LogP contribution in [0.2, 0.25) is 0 Å². The molecule has 108 valence electrons. The first-order chi connectivity index (χ1) is 8.95. The number of rotatable bonds is 8. The van der Waals surface area contributed by atoms with E-state index >= 15 is 0 Å². The Morgan fingerprint density at radius 1 is 1.05 bits per heavy atom. The van der Waals surface area contributed by atoms with Crippen LogP contribution >= 0.6 is 0 Å². The van der Waals surface area contributed by atoms with Crippen molar-refractivity contribution >= 4 is 23.9 Å². The Balaban J connectivity index is 3.61. The third-order valence-electron chi connectivity index (χ3n) is 1.77. The molecule has 0 spiro atoms. The van der Waals surface area contributed by atoms with Crippen molar-refractivity contribution in [2.24, 2.45) is 0 Å². The number of nitrogens with one attached hydrogen (secondary N) is 3. The first-order valence-corrected chi connectivity index (χ1v) is 5.61. The lowest BCUT2D eigenvalue weighted by atomic mass is 10.4. The SMILES string of the molecule is CCOC(=O)CCNC(=O)NCC(=O)NCC(=O)O. The predicted molar refractivity (Wildman–Crippen MR) is 63.3 cm³/mol. The van der Waals surface area contributed by atoms with Gasteiger partial charge in [-0.3, -0.25) is 14.4 Å². The van der Waals surface area contributed by atoms with Crippen LogP contribution in [0.3, 0.4) is 0 Å². The standard InChI is InChI=1S/C10H17N3O6/c1-2-19-9(17)3-4-11-10(18)13-5-7(14)12-6-8(15)16/h2-6H2,1H3,(H,12,14)(H,15,16)(H2,11,13,18). The highest BCUT2D eigenvalue weighted by molar-refractivity contribution is 5.86. The number of amides is 3. The summed E-state index contributed by atoms with van der Waals surface area (Å²) in [5.41, 5.74) is 0. The van der Waals surface area contributed by atoms with E-state index in [1.54, 1.807) is 6.92 Å². The molecule has 0 rings (SSSR count). The number of carbonyl (C=O) groups is 4. The number of urea groups is 1. The number of carbonyl (C=O) groups excluding carboxylic acids is 3. The van der Waals surface area contributed by atoms with Gasteiger partial charge in [0.05, 0.1) is 19.6 Å². The van der Waals surface area contributed by atoms with Gasteiger partial charge in [0, 0.05) is 6.54 Å². The number of carboxylic acid groups (broad SMARTS) is 1. The number of ether oxygens (including phenoxy) is 1. The van der Waals surface area contributed by atoms with Crippen LogP contribution in [0.5, 0.6) is 0 Å². The van der Waals surface area contributed by atoms with Gasteiger partial charge in [0.25, 0.3) is 0 Å². The topological polar surface area (TPSA) is 134 Å². The second-order valence-electron chi connectivity index (χ2n) is 3.33. The van der Waals surface area contributed by atoms with Gasteiger partial charge in [-0.2, -0.15) is 0 Å². The van der Waals surface area contributed by atoms with Crippen LogP contribution in [0.25, 0.3) is 0 Å². The van der Waals surface area contributed by atoms with Gasteiger partial charge in [-0.25, -0.2) is 4.79 Å². The van der Waals surface area contributed by atoms with E-state index in [2.05, 4.69) is 20.7 Å². The van der Waals surface area contributed by atoms with Crippen LogP contribution in [0, 0.1) is 0 Å². The Kier molecular flexibility index (Phi) is 8.50. The molecule has 0 aromatic carbocycles. The quantitative estimate of drug-likeness (QED) is 0.396. The van der Waals surface area contributed by atoms with E-state index in [1.165, 1.54) is 0 Å². The summed E-state index contributed by atoms with van der Waals surface area (Å²) in [5.74, 6) is -2.22. The van der Waals surface area contributed by atoms with Crippen LogP contribution in [0.1, 0.15) is 13.3 Å². The summed E-state index contributed by atoms with van der Waals surface area (Å²) in [7, 11) is 0. The maximum atomic E-state index is 11.2. The summed E-state index contributed by atoms with van der Waals surface area (Å²) in [5, 5.41) is 14.9. The summed E-state index contributed by atoms with van der Waals surface area (Å²) < 4.78 is 4.65. The molecule has 0 heterocycles. The third kappa shape index (κ3) is 10.5. The zero-order chi connectivity index (χ0) is 14.7. The first kappa shape index (κ1) is 16.7. The van der Waals surface area contributed by atoms with Crippen molar-refractivity contribution in [3.8, 4) is 0 Å². The molecule has 0 saturated carbocycles. The van der Waals surface area contributed by atoms with Gasteiger partial charge in [-0.05, 0) is 6.92 Å². The molecular weight excluding hydrogens is 258 g/mol. The molecule has 0 aliphatic carbocycles. The molecule has 0 aromatic rings. The normalized spacial score (nSPS) is 9.32. The summed E-state index contributed by atoms with van der Waals surface area (Å²) in [6, 6.07) is -0.630. The lowest BCUT2D eigenvalue weighted by Crippen LogP contribution is -2.43. The summed E-state index contributed by atoms with van der Waals surface area (Å²) in [6.07, 6.45) is 0.0342. The van der Waals surface area contributed by atoms with Crippen molar-refractivity contribution in [1.82, 2.24) is 16.0 Å². The second kappa shape index (κ2) is 9.68. The van der Waals surface area contributed by atoms with Crippen molar-refractivity contribution in [3.05, 3.63) is 0 Å². The van der Waals surface area contributed by atoms with E-state index in [1.807, 2.05) is 0 Å². The van der Waals surface area contributed by atoms with E-state index in [0.29, 0.717) is 0 Å².